The first-order valence-electron chi connectivity index (χ1n) is 10.2. The molecule has 2 unspecified atom stereocenters. The summed E-state index contributed by atoms with van der Waals surface area (Å²) in [4.78, 5) is 56.5. The second-order valence-corrected chi connectivity index (χ2v) is 10.7. The summed E-state index contributed by atoms with van der Waals surface area (Å²) in [6.07, 6.45) is 1.36. The first kappa shape index (κ1) is 24.0. The van der Waals surface area contributed by atoms with Crippen molar-refractivity contribution in [2.75, 3.05) is 18.6 Å². The third kappa shape index (κ3) is 4.14. The van der Waals surface area contributed by atoms with Crippen molar-refractivity contribution in [3.63, 3.8) is 0 Å². The number of amides is 2. The molecule has 17 heteroatoms. The molecule has 1 fully saturated rings. The highest BCUT2D eigenvalue weighted by Crippen LogP contribution is 2.46. The van der Waals surface area contributed by atoms with Crippen LogP contribution in [-0.2, 0) is 19.2 Å². The van der Waals surface area contributed by atoms with Gasteiger partial charge in [-0.25, -0.2) is 14.8 Å². The first-order chi connectivity index (χ1) is 17.3. The van der Waals surface area contributed by atoms with Crippen LogP contribution in [-0.4, -0.2) is 83.0 Å². The highest BCUT2D eigenvalue weighted by atomic mass is 32.2. The number of thiazole rings is 1. The Bertz CT molecular complexity index is 1470. The van der Waals surface area contributed by atoms with Gasteiger partial charge < -0.3 is 21.0 Å². The molecule has 2 aliphatic rings. The SMILES string of the molecule is CON=C(C(=O)NC1C(=O)N2C(C(=O)O)=C(Sc3cc(C)nc4ncnn34)SCC12)c1csc(N)n1. The van der Waals surface area contributed by atoms with Crippen LogP contribution in [0, 0.1) is 6.92 Å². The highest BCUT2D eigenvalue weighted by Gasteiger charge is 2.54. The van der Waals surface area contributed by atoms with Crippen molar-refractivity contribution in [1.29, 1.82) is 0 Å². The molecular weight excluding hydrogens is 530 g/mol. The molecule has 0 saturated carbocycles. The Hall–Kier alpha value is -3.70. The number of hydrogen-bond acceptors (Lipinski definition) is 13. The van der Waals surface area contributed by atoms with E-state index in [1.54, 1.807) is 18.4 Å². The van der Waals surface area contributed by atoms with E-state index in [1.807, 2.05) is 0 Å². The summed E-state index contributed by atoms with van der Waals surface area (Å²) in [5, 5.41) is 22.8. The van der Waals surface area contributed by atoms with Gasteiger partial charge in [-0.2, -0.15) is 14.6 Å². The van der Waals surface area contributed by atoms with Crippen molar-refractivity contribution in [3.8, 4) is 0 Å². The number of aryl methyl sites for hydroxylation is 1. The average Bonchev–Trinajstić information content (AvgIpc) is 3.49. The van der Waals surface area contributed by atoms with Crippen LogP contribution in [0.4, 0.5) is 5.13 Å². The second-order valence-electron chi connectivity index (χ2n) is 7.48. The van der Waals surface area contributed by atoms with Crippen LogP contribution < -0.4 is 11.1 Å². The number of fused-ring (bicyclic) bond motifs is 2. The summed E-state index contributed by atoms with van der Waals surface area (Å²) in [7, 11) is 1.28. The molecule has 186 valence electrons. The number of anilines is 1. The number of nitrogen functional groups attached to an aromatic ring is 1. The quantitative estimate of drug-likeness (QED) is 0.159. The number of carbonyl (C=O) groups excluding carboxylic acids is 2. The number of thioether (sulfide) groups is 2. The van der Waals surface area contributed by atoms with Gasteiger partial charge in [0.05, 0.1) is 10.3 Å². The van der Waals surface area contributed by atoms with E-state index in [0.29, 0.717) is 26.5 Å². The molecule has 0 aliphatic carbocycles. The first-order valence-corrected chi connectivity index (χ1v) is 12.9. The molecule has 0 bridgehead atoms. The van der Waals surface area contributed by atoms with Gasteiger partial charge in [0.2, 0.25) is 0 Å². The van der Waals surface area contributed by atoms with Gasteiger partial charge in [0, 0.05) is 16.8 Å². The van der Waals surface area contributed by atoms with Gasteiger partial charge in [0.1, 0.15) is 30.2 Å². The fourth-order valence-corrected chi connectivity index (χ4v) is 6.86. The molecule has 4 N–H and O–H groups in total. The predicted octanol–water partition coefficient (Wildman–Crippen LogP) is 0.310. The normalized spacial score (nSPS) is 19.8. The van der Waals surface area contributed by atoms with Gasteiger partial charge in [-0.05, 0) is 13.0 Å². The number of carbonyl (C=O) groups is 3. The number of nitrogens with two attached hydrogens (primary N) is 1. The molecule has 0 spiro atoms. The van der Waals surface area contributed by atoms with E-state index in [4.69, 9.17) is 10.6 Å². The lowest BCUT2D eigenvalue weighted by Crippen LogP contribution is -2.72. The van der Waals surface area contributed by atoms with Crippen LogP contribution in [0.2, 0.25) is 0 Å². The minimum Gasteiger partial charge on any atom is -0.477 e. The maximum absolute atomic E-state index is 13.0. The zero-order chi connectivity index (χ0) is 25.6. The van der Waals surface area contributed by atoms with Crippen LogP contribution in [0.15, 0.2) is 37.9 Å². The van der Waals surface area contributed by atoms with Crippen LogP contribution in [0.25, 0.3) is 5.78 Å². The number of aliphatic carboxylic acids is 1. The number of nitrogens with one attached hydrogen (secondary N) is 1. The van der Waals surface area contributed by atoms with E-state index in [-0.39, 0.29) is 22.2 Å². The van der Waals surface area contributed by atoms with Crippen LogP contribution >= 0.6 is 34.9 Å². The van der Waals surface area contributed by atoms with E-state index in [9.17, 15) is 19.5 Å². The van der Waals surface area contributed by atoms with Gasteiger partial charge >= 0.3 is 5.97 Å². The molecule has 14 nitrogen and oxygen atoms in total. The van der Waals surface area contributed by atoms with Crippen molar-refractivity contribution < 1.29 is 24.3 Å². The third-order valence-electron chi connectivity index (χ3n) is 5.24. The predicted molar refractivity (Wildman–Crippen MR) is 131 cm³/mol. The number of β-lactam (4-membered cyclic amide) rings is 1. The van der Waals surface area contributed by atoms with Crippen molar-refractivity contribution >= 4 is 69.3 Å². The zero-order valence-electron chi connectivity index (χ0n) is 18.6. The number of rotatable bonds is 7. The standard InChI is InChI=1S/C19H17N9O5S3/c1-7-3-10(28-19(23-7)21-6-22-28)36-17-13(16(31)32)27-9(5-34-17)12(15(27)30)25-14(29)11(26-33-2)8-4-35-18(20)24-8/h3-4,6,9,12H,5H2,1-2H3,(H2,20,24)(H,25,29)(H,31,32). The Morgan fingerprint density at radius 1 is 1.39 bits per heavy atom. The maximum Gasteiger partial charge on any atom is 0.354 e. The number of carboxylic acid groups (broad SMARTS) is 1. The summed E-state index contributed by atoms with van der Waals surface area (Å²) >= 11 is 3.57. The topological polar surface area (TPSA) is 190 Å². The number of aromatic nitrogens is 5. The average molecular weight is 548 g/mol. The van der Waals surface area contributed by atoms with Gasteiger partial charge in [-0.15, -0.1) is 23.1 Å². The Kier molecular flexibility index (Phi) is 6.27. The molecule has 2 amide bonds. The van der Waals surface area contributed by atoms with E-state index < -0.39 is 29.9 Å². The smallest absolute Gasteiger partial charge is 0.354 e. The largest absolute Gasteiger partial charge is 0.477 e. The van der Waals surface area contributed by atoms with Crippen LogP contribution in [0.3, 0.4) is 0 Å². The lowest BCUT2D eigenvalue weighted by atomic mass is 9.95. The number of nitrogens with zero attached hydrogens (tertiary/aromatic N) is 7. The monoisotopic (exact) mass is 547 g/mol. The summed E-state index contributed by atoms with van der Waals surface area (Å²) in [5.74, 6) is -1.75. The maximum atomic E-state index is 13.0. The van der Waals surface area contributed by atoms with Gasteiger partial charge in [0.15, 0.2) is 16.5 Å². The molecular formula is C19H17N9O5S3. The Morgan fingerprint density at radius 2 is 2.19 bits per heavy atom. The lowest BCUT2D eigenvalue weighted by Gasteiger charge is -2.49. The zero-order valence-corrected chi connectivity index (χ0v) is 21.1. The lowest BCUT2D eigenvalue weighted by molar-refractivity contribution is -0.153. The third-order valence-corrected chi connectivity index (χ3v) is 8.36. The van der Waals surface area contributed by atoms with Crippen LogP contribution in [0.5, 0.6) is 0 Å². The minimum absolute atomic E-state index is 0.143. The second kappa shape index (κ2) is 9.40. The highest BCUT2D eigenvalue weighted by molar-refractivity contribution is 8.22. The molecule has 5 rings (SSSR count). The van der Waals surface area contributed by atoms with Gasteiger partial charge in [-0.3, -0.25) is 14.5 Å². The summed E-state index contributed by atoms with van der Waals surface area (Å²) in [6, 6.07) is 0.264. The fraction of sp³-hybridized carbons (Fsp3) is 0.263. The Labute approximate surface area is 215 Å². The van der Waals surface area contributed by atoms with E-state index in [2.05, 4.69) is 30.5 Å². The minimum atomic E-state index is -1.26. The molecule has 2 aliphatic heterocycles. The van der Waals surface area contributed by atoms with E-state index in [1.165, 1.54) is 34.6 Å². The van der Waals surface area contributed by atoms with Gasteiger partial charge in [0.25, 0.3) is 17.6 Å². The van der Waals surface area contributed by atoms with E-state index >= 15 is 0 Å². The number of hydrogen-bond donors (Lipinski definition) is 3. The molecule has 3 aromatic rings. The van der Waals surface area contributed by atoms with Crippen molar-refractivity contribution in [2.45, 2.75) is 24.0 Å². The summed E-state index contributed by atoms with van der Waals surface area (Å²) < 4.78 is 1.92. The molecule has 0 aromatic carbocycles. The van der Waals surface area contributed by atoms with Gasteiger partial charge in [-0.1, -0.05) is 16.9 Å². The van der Waals surface area contributed by atoms with Crippen LogP contribution in [0.1, 0.15) is 11.4 Å². The number of carboxylic acids is 1. The molecule has 2 atom stereocenters. The molecule has 3 aromatic heterocycles. The van der Waals surface area contributed by atoms with Crippen molar-refractivity contribution in [1.82, 2.24) is 34.8 Å². The summed E-state index contributed by atoms with van der Waals surface area (Å²) in [5.41, 5.74) is 6.24. The molecule has 0 radical (unpaired) electrons. The van der Waals surface area contributed by atoms with Crippen molar-refractivity contribution in [2.24, 2.45) is 5.16 Å². The Balaban J connectivity index is 1.39. The molecule has 5 heterocycles. The number of oxime groups is 1. The fourth-order valence-electron chi connectivity index (χ4n) is 3.71. The van der Waals surface area contributed by atoms with Crippen molar-refractivity contribution in [3.05, 3.63) is 39.1 Å². The summed E-state index contributed by atoms with van der Waals surface area (Å²) in [6.45, 7) is 1.79. The van der Waals surface area contributed by atoms with E-state index in [0.717, 1.165) is 23.1 Å². The molecule has 1 saturated heterocycles. The Morgan fingerprint density at radius 3 is 2.89 bits per heavy atom. The molecule has 36 heavy (non-hydrogen) atoms.